The zero-order valence-electron chi connectivity index (χ0n) is 31.3. The zero-order valence-corrected chi connectivity index (χ0v) is 33.1. The SMILES string of the molecule is C=CCO[P+]([O-])(OCC=C)[C@@H](N[P+]([O-])(OC[C@H]1O[C@@H](n2ccc(NC(C)=O)nc2=O)[C@H](OC(C)=[O+])[C@@H]1OC(C)=O)O[N+](CC)(CC)CC)c1ccccc1. The minimum absolute atomic E-state index is 0.0462. The molecule has 2 heterocycles. The third-order valence-electron chi connectivity index (χ3n) is 8.17. The number of nitrogens with one attached hydrogen (secondary N) is 2. The number of ether oxygens (including phenoxy) is 3. The van der Waals surface area contributed by atoms with Crippen molar-refractivity contribution in [3.8, 4) is 0 Å². The summed E-state index contributed by atoms with van der Waals surface area (Å²) < 4.78 is 41.9. The highest BCUT2D eigenvalue weighted by Gasteiger charge is 2.58. The highest BCUT2D eigenvalue weighted by molar-refractivity contribution is 7.62. The molecule has 1 fully saturated rings. The predicted molar refractivity (Wildman–Crippen MR) is 195 cm³/mol. The molecule has 0 bridgehead atoms. The van der Waals surface area contributed by atoms with E-state index in [-0.39, 0.29) is 23.7 Å². The smallest absolute Gasteiger partial charge is 0.571 e. The van der Waals surface area contributed by atoms with Gasteiger partial charge in [-0.3, -0.25) is 14.2 Å². The highest BCUT2D eigenvalue weighted by atomic mass is 31.2. The van der Waals surface area contributed by atoms with Crippen LogP contribution in [0, 0.1) is 0 Å². The third kappa shape index (κ3) is 12.0. The van der Waals surface area contributed by atoms with Crippen LogP contribution in [0.15, 0.2) is 72.7 Å². The molecule has 1 aromatic carbocycles. The number of benzene rings is 1. The minimum Gasteiger partial charge on any atom is -0.630 e. The van der Waals surface area contributed by atoms with Gasteiger partial charge in [0, 0.05) is 30.4 Å². The van der Waals surface area contributed by atoms with Gasteiger partial charge in [0.05, 0.1) is 6.92 Å². The molecule has 1 unspecified atom stereocenters. The fourth-order valence-corrected chi connectivity index (χ4v) is 9.80. The number of carbonyl (C=O) groups is 3. The molecule has 1 aliphatic rings. The summed E-state index contributed by atoms with van der Waals surface area (Å²) >= 11 is 0. The highest BCUT2D eigenvalue weighted by Crippen LogP contribution is 2.68. The van der Waals surface area contributed by atoms with Gasteiger partial charge in [-0.25, -0.2) is 13.8 Å². The summed E-state index contributed by atoms with van der Waals surface area (Å²) in [6, 6.07) is 9.65. The van der Waals surface area contributed by atoms with Crippen LogP contribution >= 0.6 is 16.0 Å². The quantitative estimate of drug-likeness (QED) is 0.0436. The Morgan fingerprint density at radius 3 is 2.11 bits per heavy atom. The molecule has 1 radical (unpaired) electrons. The number of anilines is 1. The van der Waals surface area contributed by atoms with E-state index in [1.165, 1.54) is 31.3 Å². The van der Waals surface area contributed by atoms with Crippen molar-refractivity contribution in [3.63, 3.8) is 0 Å². The molecule has 0 aliphatic carbocycles. The molecule has 6 atom stereocenters. The number of nitrogens with zero attached hydrogens (tertiary/aromatic N) is 3. The topological polar surface area (TPSA) is 224 Å². The second-order valence-electron chi connectivity index (χ2n) is 11.9. The van der Waals surface area contributed by atoms with E-state index in [2.05, 4.69) is 28.5 Å². The number of amides is 1. The normalized spacial score (nSPS) is 20.4. The fourth-order valence-electron chi connectivity index (χ4n) is 5.51. The molecule has 1 amide bonds. The molecule has 0 saturated carbocycles. The maximum atomic E-state index is 15.2. The van der Waals surface area contributed by atoms with Crippen molar-refractivity contribution in [1.82, 2.24) is 14.6 Å². The molecule has 2 N–H and O–H groups in total. The van der Waals surface area contributed by atoms with E-state index in [0.29, 0.717) is 25.2 Å². The van der Waals surface area contributed by atoms with E-state index in [4.69, 9.17) is 32.4 Å². The van der Waals surface area contributed by atoms with Crippen LogP contribution in [0.5, 0.6) is 0 Å². The summed E-state index contributed by atoms with van der Waals surface area (Å²) in [5.41, 5.74) is -0.554. The van der Waals surface area contributed by atoms with E-state index < -0.39 is 76.5 Å². The predicted octanol–water partition coefficient (Wildman–Crippen LogP) is 2.64. The minimum atomic E-state index is -4.67. The van der Waals surface area contributed by atoms with Crippen LogP contribution in [0.2, 0.25) is 0 Å². The van der Waals surface area contributed by atoms with Gasteiger partial charge in [-0.05, 0) is 31.5 Å². The summed E-state index contributed by atoms with van der Waals surface area (Å²) in [7, 11) is -8.93. The van der Waals surface area contributed by atoms with Gasteiger partial charge in [-0.1, -0.05) is 47.6 Å². The average Bonchev–Trinajstić information content (AvgIpc) is 3.45. The number of hydrogen-bond acceptors (Lipinski definition) is 15. The van der Waals surface area contributed by atoms with E-state index in [0.717, 1.165) is 18.4 Å². The van der Waals surface area contributed by atoms with Crippen LogP contribution in [0.3, 0.4) is 0 Å². The summed E-state index contributed by atoms with van der Waals surface area (Å²) in [6.07, 6.45) is -1.60. The van der Waals surface area contributed by atoms with Crippen molar-refractivity contribution in [1.29, 1.82) is 0 Å². The van der Waals surface area contributed by atoms with Gasteiger partial charge in [0.1, 0.15) is 51.4 Å². The van der Waals surface area contributed by atoms with Gasteiger partial charge < -0.3 is 29.3 Å². The fraction of sp³-hybridized carbons (Fsp3) is 0.500. The average molecular weight is 799 g/mol. The van der Waals surface area contributed by atoms with E-state index in [1.807, 2.05) is 20.8 Å². The Hall–Kier alpha value is -3.51. The van der Waals surface area contributed by atoms with Gasteiger partial charge >= 0.3 is 25.7 Å². The molecule has 0 spiro atoms. The first-order valence-electron chi connectivity index (χ1n) is 17.2. The molecule has 1 aromatic heterocycles. The summed E-state index contributed by atoms with van der Waals surface area (Å²) in [4.78, 5) is 82.9. The van der Waals surface area contributed by atoms with Crippen LogP contribution in [0.4, 0.5) is 5.82 Å². The van der Waals surface area contributed by atoms with Gasteiger partial charge in [-0.2, -0.15) is 9.51 Å². The lowest BCUT2D eigenvalue weighted by Crippen LogP contribution is -2.51. The number of hydrogen-bond donors (Lipinski definition) is 2. The largest absolute Gasteiger partial charge is 0.630 e. The Labute approximate surface area is 315 Å². The summed E-state index contributed by atoms with van der Waals surface area (Å²) in [6.45, 7) is 16.2. The Bertz CT molecular complexity index is 1630. The van der Waals surface area contributed by atoms with Gasteiger partial charge in [0.2, 0.25) is 17.9 Å². The lowest BCUT2D eigenvalue weighted by molar-refractivity contribution is -1.08. The van der Waals surface area contributed by atoms with E-state index in [1.54, 1.807) is 30.3 Å². The molecular formula is C34H50N5O13P2+2. The molecule has 18 nitrogen and oxygen atoms in total. The van der Waals surface area contributed by atoms with E-state index in [9.17, 15) is 24.1 Å². The molecule has 3 rings (SSSR count). The molecular weight excluding hydrogens is 748 g/mol. The second kappa shape index (κ2) is 20.4. The maximum absolute atomic E-state index is 15.2. The Balaban J connectivity index is 2.13. The molecule has 1 aliphatic heterocycles. The molecule has 2 aromatic rings. The van der Waals surface area contributed by atoms with Crippen molar-refractivity contribution >= 4 is 39.7 Å². The summed E-state index contributed by atoms with van der Waals surface area (Å²) in [5.74, 6) is -3.54. The molecule has 20 heteroatoms. The molecule has 297 valence electrons. The van der Waals surface area contributed by atoms with E-state index >= 15 is 4.89 Å². The van der Waals surface area contributed by atoms with Gasteiger partial charge in [0.15, 0.2) is 6.10 Å². The number of rotatable bonds is 22. The van der Waals surface area contributed by atoms with Crippen LogP contribution in [-0.4, -0.2) is 89.8 Å². The number of esters is 2. The first-order valence-corrected chi connectivity index (χ1v) is 20.4. The van der Waals surface area contributed by atoms with Crippen LogP contribution < -0.4 is 25.9 Å². The lowest BCUT2D eigenvalue weighted by atomic mass is 10.1. The Morgan fingerprint density at radius 1 is 1.00 bits per heavy atom. The van der Waals surface area contributed by atoms with Crippen molar-refractivity contribution in [2.75, 3.05) is 44.8 Å². The lowest BCUT2D eigenvalue weighted by Gasteiger charge is -2.40. The first-order chi connectivity index (χ1) is 25.6. The number of aromatic nitrogens is 2. The van der Waals surface area contributed by atoms with Crippen molar-refractivity contribution in [2.24, 2.45) is 0 Å². The molecule has 1 saturated heterocycles. The van der Waals surface area contributed by atoms with Crippen molar-refractivity contribution < 1.29 is 61.2 Å². The standard InChI is InChI=1S/C34H49N5O13P2/c1-9-21-46-53(44,47-22-10-2)32(27-17-15-14-16-18-27)37-54(45,52-39(11-3,12-4)13-5)48-23-28-30(49-25(7)41)31(50-26(8)42)33(51-28)38-20-19-29(35-24(6)40)36-34(38)43/h9-10,14-20,28,30-33H,1-2,11-13,21-23H2,3-8H3,(H-,35,36,37,40,43,45)/q+1/p+1/t28-,30-,31-,32-,33-,54?/m1/s1. The molecule has 54 heavy (non-hydrogen) atoms. The second-order valence-corrected chi connectivity index (χ2v) is 15.7. The first kappa shape index (κ1) is 44.9. The Morgan fingerprint density at radius 2 is 1.61 bits per heavy atom. The summed E-state index contributed by atoms with van der Waals surface area (Å²) in [5, 5.41) is 5.23. The monoisotopic (exact) mass is 798 g/mol. The third-order valence-corrected chi connectivity index (χ3v) is 12.1. The maximum Gasteiger partial charge on any atom is 0.571 e. The van der Waals surface area contributed by atoms with Crippen LogP contribution in [0.1, 0.15) is 59.1 Å². The van der Waals surface area contributed by atoms with Gasteiger partial charge in [0.25, 0.3) is 14.0 Å². The van der Waals surface area contributed by atoms with Crippen LogP contribution in [-0.2, 0) is 46.8 Å². The number of quaternary nitrogens is 1. The van der Waals surface area contributed by atoms with Crippen LogP contribution in [0.25, 0.3) is 0 Å². The number of carbonyl (C=O) groups excluding carboxylic acids is 3. The van der Waals surface area contributed by atoms with Crippen molar-refractivity contribution in [3.05, 3.63) is 84.0 Å². The van der Waals surface area contributed by atoms with Crippen molar-refractivity contribution in [2.45, 2.75) is 71.9 Å². The number of hydroxylamine groups is 3. The Kier molecular flexibility index (Phi) is 17.0. The zero-order chi connectivity index (χ0) is 40.1. The van der Waals surface area contributed by atoms with Gasteiger partial charge in [-0.15, -0.1) is 17.8 Å².